The Morgan fingerprint density at radius 3 is 2.89 bits per heavy atom. The Morgan fingerprint density at radius 2 is 2.26 bits per heavy atom. The van der Waals surface area contributed by atoms with Crippen LogP contribution in [0, 0.1) is 6.92 Å². The first-order valence-electron chi connectivity index (χ1n) is 5.59. The van der Waals surface area contributed by atoms with Crippen LogP contribution in [0.5, 0.6) is 0 Å². The van der Waals surface area contributed by atoms with Gasteiger partial charge in [0.15, 0.2) is 0 Å². The van der Waals surface area contributed by atoms with Crippen LogP contribution in [0.1, 0.15) is 10.7 Å². The summed E-state index contributed by atoms with van der Waals surface area (Å²) < 4.78 is 26.5. The summed E-state index contributed by atoms with van der Waals surface area (Å²) in [7, 11) is -3.61. The van der Waals surface area contributed by atoms with Gasteiger partial charge in [-0.2, -0.15) is 0 Å². The number of sulfonamides is 1. The minimum atomic E-state index is -3.61. The summed E-state index contributed by atoms with van der Waals surface area (Å²) in [6.07, 6.45) is 3.25. The number of nitrogen functional groups attached to an aromatic ring is 1. The molecule has 8 heteroatoms. The molecule has 0 saturated carbocycles. The standard InChI is InChI=1S/C11H14N4O2S2/c1-8-7-18-11(15-8)3-5-14-19(16,17)10-6-13-4-2-9(10)12/h2,4,6-7,14H,3,5H2,1H3,(H2,12,13). The van der Waals surface area contributed by atoms with E-state index in [0.29, 0.717) is 6.42 Å². The maximum atomic E-state index is 12.0. The van der Waals surface area contributed by atoms with Gasteiger partial charge in [0.25, 0.3) is 0 Å². The monoisotopic (exact) mass is 298 g/mol. The Labute approximate surface area is 115 Å². The van der Waals surface area contributed by atoms with Gasteiger partial charge >= 0.3 is 0 Å². The first kappa shape index (κ1) is 13.9. The molecule has 6 nitrogen and oxygen atoms in total. The zero-order chi connectivity index (χ0) is 13.9. The molecule has 0 radical (unpaired) electrons. The van der Waals surface area contributed by atoms with Gasteiger partial charge in [-0.3, -0.25) is 4.98 Å². The Morgan fingerprint density at radius 1 is 1.47 bits per heavy atom. The molecule has 2 heterocycles. The molecule has 2 aromatic rings. The molecule has 3 N–H and O–H groups in total. The zero-order valence-corrected chi connectivity index (χ0v) is 12.0. The molecule has 0 aliphatic heterocycles. The van der Waals surface area contributed by atoms with Crippen molar-refractivity contribution in [3.63, 3.8) is 0 Å². The van der Waals surface area contributed by atoms with E-state index in [2.05, 4.69) is 14.7 Å². The summed E-state index contributed by atoms with van der Waals surface area (Å²) in [5.74, 6) is 0. The predicted molar refractivity (Wildman–Crippen MR) is 74.4 cm³/mol. The highest BCUT2D eigenvalue weighted by Crippen LogP contribution is 2.15. The van der Waals surface area contributed by atoms with Gasteiger partial charge in [-0.25, -0.2) is 18.1 Å². The summed E-state index contributed by atoms with van der Waals surface area (Å²) in [6, 6.07) is 1.46. The Hall–Kier alpha value is -1.51. The van der Waals surface area contributed by atoms with Crippen molar-refractivity contribution in [1.82, 2.24) is 14.7 Å². The van der Waals surface area contributed by atoms with Gasteiger partial charge in [-0.05, 0) is 13.0 Å². The fourth-order valence-electron chi connectivity index (χ4n) is 1.50. The fourth-order valence-corrected chi connectivity index (χ4v) is 3.38. The number of aromatic nitrogens is 2. The van der Waals surface area contributed by atoms with Crippen molar-refractivity contribution in [2.45, 2.75) is 18.2 Å². The smallest absolute Gasteiger partial charge is 0.244 e. The number of nitrogens with two attached hydrogens (primary N) is 1. The summed E-state index contributed by atoms with van der Waals surface area (Å²) >= 11 is 1.52. The van der Waals surface area contributed by atoms with Gasteiger partial charge < -0.3 is 5.73 Å². The maximum Gasteiger partial charge on any atom is 0.244 e. The molecule has 19 heavy (non-hydrogen) atoms. The van der Waals surface area contributed by atoms with E-state index in [9.17, 15) is 8.42 Å². The van der Waals surface area contributed by atoms with E-state index in [-0.39, 0.29) is 17.1 Å². The Balaban J connectivity index is 2.01. The molecule has 0 atom stereocenters. The first-order chi connectivity index (χ1) is 8.99. The summed E-state index contributed by atoms with van der Waals surface area (Å²) in [5.41, 5.74) is 6.75. The highest BCUT2D eigenvalue weighted by Gasteiger charge is 2.16. The van der Waals surface area contributed by atoms with Crippen molar-refractivity contribution in [3.8, 4) is 0 Å². The summed E-state index contributed by atoms with van der Waals surface area (Å²) in [5, 5.41) is 2.84. The molecular formula is C11H14N4O2S2. The molecule has 0 bridgehead atoms. The minimum absolute atomic E-state index is 0.00493. The maximum absolute atomic E-state index is 12.0. The van der Waals surface area contributed by atoms with Gasteiger partial charge in [0, 0.05) is 36.4 Å². The lowest BCUT2D eigenvalue weighted by atomic mass is 10.4. The van der Waals surface area contributed by atoms with Crippen LogP contribution in [-0.2, 0) is 16.4 Å². The SMILES string of the molecule is Cc1csc(CCNS(=O)(=O)c2cnccc2N)n1. The van der Waals surface area contributed by atoms with Gasteiger partial charge in [0.1, 0.15) is 4.90 Å². The second-order valence-corrected chi connectivity index (χ2v) is 6.62. The van der Waals surface area contributed by atoms with Gasteiger partial charge in [0.05, 0.1) is 10.7 Å². The number of aryl methyl sites for hydroxylation is 1. The first-order valence-corrected chi connectivity index (χ1v) is 7.95. The van der Waals surface area contributed by atoms with Crippen molar-refractivity contribution >= 4 is 27.0 Å². The van der Waals surface area contributed by atoms with Crippen molar-refractivity contribution < 1.29 is 8.42 Å². The number of hydrogen-bond donors (Lipinski definition) is 2. The van der Waals surface area contributed by atoms with Crippen molar-refractivity contribution in [3.05, 3.63) is 34.5 Å². The number of thiazole rings is 1. The Bertz CT molecular complexity index is 667. The third-order valence-corrected chi connectivity index (χ3v) is 4.93. The van der Waals surface area contributed by atoms with E-state index in [0.717, 1.165) is 10.7 Å². The molecule has 102 valence electrons. The predicted octanol–water partition coefficient (Wildman–Crippen LogP) is 0.950. The van der Waals surface area contributed by atoms with Crippen LogP contribution in [0.15, 0.2) is 28.7 Å². The highest BCUT2D eigenvalue weighted by atomic mass is 32.2. The van der Waals surface area contributed by atoms with Crippen LogP contribution < -0.4 is 10.5 Å². The van der Waals surface area contributed by atoms with Crippen molar-refractivity contribution in [1.29, 1.82) is 0 Å². The molecule has 0 amide bonds. The Kier molecular flexibility index (Phi) is 4.13. The second kappa shape index (κ2) is 5.64. The van der Waals surface area contributed by atoms with Crippen LogP contribution in [0.2, 0.25) is 0 Å². The van der Waals surface area contributed by atoms with Gasteiger partial charge in [0.2, 0.25) is 10.0 Å². The number of anilines is 1. The molecule has 0 fully saturated rings. The van der Waals surface area contributed by atoms with E-state index in [1.807, 2.05) is 12.3 Å². The molecule has 2 rings (SSSR count). The molecule has 0 saturated heterocycles. The third-order valence-electron chi connectivity index (χ3n) is 2.40. The summed E-state index contributed by atoms with van der Waals surface area (Å²) in [6.45, 7) is 2.18. The molecule has 0 aliphatic carbocycles. The molecule has 2 aromatic heterocycles. The van der Waals surface area contributed by atoms with Crippen LogP contribution in [0.25, 0.3) is 0 Å². The van der Waals surface area contributed by atoms with E-state index in [1.54, 1.807) is 0 Å². The minimum Gasteiger partial charge on any atom is -0.398 e. The van der Waals surface area contributed by atoms with Gasteiger partial charge in [-0.15, -0.1) is 11.3 Å². The van der Waals surface area contributed by atoms with E-state index >= 15 is 0 Å². The number of rotatable bonds is 5. The average molecular weight is 298 g/mol. The number of pyridine rings is 1. The van der Waals surface area contributed by atoms with Crippen molar-refractivity contribution in [2.75, 3.05) is 12.3 Å². The number of hydrogen-bond acceptors (Lipinski definition) is 6. The average Bonchev–Trinajstić information content (AvgIpc) is 2.75. The van der Waals surface area contributed by atoms with E-state index in [4.69, 9.17) is 5.73 Å². The lowest BCUT2D eigenvalue weighted by Crippen LogP contribution is -2.26. The fraction of sp³-hybridized carbons (Fsp3) is 0.273. The third kappa shape index (κ3) is 3.49. The molecular weight excluding hydrogens is 284 g/mol. The van der Waals surface area contributed by atoms with E-state index < -0.39 is 10.0 Å². The van der Waals surface area contributed by atoms with E-state index in [1.165, 1.54) is 29.8 Å². The van der Waals surface area contributed by atoms with Gasteiger partial charge in [-0.1, -0.05) is 0 Å². The second-order valence-electron chi connectivity index (χ2n) is 3.94. The zero-order valence-electron chi connectivity index (χ0n) is 10.3. The van der Waals surface area contributed by atoms with Crippen LogP contribution in [0.4, 0.5) is 5.69 Å². The molecule has 0 aliphatic rings. The lowest BCUT2D eigenvalue weighted by Gasteiger charge is -2.07. The van der Waals surface area contributed by atoms with Crippen molar-refractivity contribution in [2.24, 2.45) is 0 Å². The quantitative estimate of drug-likeness (QED) is 0.856. The highest BCUT2D eigenvalue weighted by molar-refractivity contribution is 7.89. The topological polar surface area (TPSA) is 98.0 Å². The normalized spacial score (nSPS) is 11.6. The molecule has 0 spiro atoms. The van der Waals surface area contributed by atoms with Crippen LogP contribution in [0.3, 0.4) is 0 Å². The number of nitrogens with zero attached hydrogens (tertiary/aromatic N) is 2. The van der Waals surface area contributed by atoms with Crippen LogP contribution in [-0.4, -0.2) is 24.9 Å². The lowest BCUT2D eigenvalue weighted by molar-refractivity contribution is 0.581. The van der Waals surface area contributed by atoms with Crippen LogP contribution >= 0.6 is 11.3 Å². The molecule has 0 unspecified atom stereocenters. The largest absolute Gasteiger partial charge is 0.398 e. The molecule has 0 aromatic carbocycles. The number of nitrogens with one attached hydrogen (secondary N) is 1. The summed E-state index contributed by atoms with van der Waals surface area (Å²) in [4.78, 5) is 8.04.